The molecule has 0 heterocycles. The summed E-state index contributed by atoms with van der Waals surface area (Å²) in [4.78, 5) is 0. The van der Waals surface area contributed by atoms with Crippen LogP contribution in [-0.2, 0) is 6.54 Å². The van der Waals surface area contributed by atoms with Crippen LogP contribution in [0.4, 0.5) is 0 Å². The van der Waals surface area contributed by atoms with Crippen LogP contribution in [0.25, 0.3) is 11.1 Å². The summed E-state index contributed by atoms with van der Waals surface area (Å²) in [6.07, 6.45) is 0. The van der Waals surface area contributed by atoms with E-state index in [1.54, 1.807) is 0 Å². The number of hydrogen-bond donors (Lipinski definition) is 0. The van der Waals surface area contributed by atoms with E-state index in [1.807, 2.05) is 0 Å². The van der Waals surface area contributed by atoms with Gasteiger partial charge in [-0.15, -0.1) is 0 Å². The Kier molecular flexibility index (Phi) is 2.73. The van der Waals surface area contributed by atoms with Crippen molar-refractivity contribution in [2.75, 3.05) is 21.1 Å². The minimum absolute atomic E-state index is 0.969. The molecule has 0 aliphatic heterocycles. The van der Waals surface area contributed by atoms with E-state index in [2.05, 4.69) is 64.5 Å². The summed E-state index contributed by atoms with van der Waals surface area (Å²) in [5.41, 5.74) is 5.49. The van der Waals surface area contributed by atoms with E-state index in [4.69, 9.17) is 0 Å². The second-order valence-corrected chi connectivity index (χ2v) is 5.59. The molecule has 0 aromatic rings. The van der Waals surface area contributed by atoms with Crippen molar-refractivity contribution < 1.29 is 4.48 Å². The smallest absolute Gasteiger partial charge is 0.104 e. The van der Waals surface area contributed by atoms with Crippen LogP contribution in [0.1, 0.15) is 11.1 Å². The summed E-state index contributed by atoms with van der Waals surface area (Å²) >= 11 is 0. The predicted molar refractivity (Wildman–Crippen MR) is 69.5 cm³/mol. The predicted octanol–water partition coefficient (Wildman–Crippen LogP) is 3.31. The van der Waals surface area contributed by atoms with Gasteiger partial charge < -0.3 is 4.48 Å². The van der Waals surface area contributed by atoms with E-state index >= 15 is 0 Å². The molecule has 2 aliphatic rings. The Morgan fingerprint density at radius 2 is 1.50 bits per heavy atom. The molecule has 2 aliphatic carbocycles. The molecule has 0 fully saturated rings. The summed E-state index contributed by atoms with van der Waals surface area (Å²) in [5.74, 6) is 0. The van der Waals surface area contributed by atoms with Gasteiger partial charge in [0.1, 0.15) is 6.54 Å². The van der Waals surface area contributed by atoms with Crippen molar-refractivity contribution in [1.29, 1.82) is 0 Å². The molecule has 2 rings (SSSR count). The molecule has 0 saturated heterocycles. The van der Waals surface area contributed by atoms with Crippen molar-refractivity contribution in [1.82, 2.24) is 0 Å². The Morgan fingerprint density at radius 1 is 0.875 bits per heavy atom. The van der Waals surface area contributed by atoms with Crippen LogP contribution in [-0.4, -0.2) is 25.6 Å². The van der Waals surface area contributed by atoms with E-state index in [0.29, 0.717) is 0 Å². The van der Waals surface area contributed by atoms with Gasteiger partial charge in [-0.05, 0) is 18.1 Å². The average molecular weight is 214 g/mol. The number of rotatable bonds is 2. The van der Waals surface area contributed by atoms with Crippen LogP contribution in [0.3, 0.4) is 0 Å². The fourth-order valence-electron chi connectivity index (χ4n) is 2.04. The molecule has 0 radical (unpaired) electrons. The number of aryl methyl sites for hydroxylation is 1. The van der Waals surface area contributed by atoms with Crippen LogP contribution < -0.4 is 0 Å². The minimum Gasteiger partial charge on any atom is -0.327 e. The summed E-state index contributed by atoms with van der Waals surface area (Å²) in [6.45, 7) is 3.21. The standard InChI is InChI=1S/C15H20N/c1-12-5-7-13-8-9-14(11-16(2,3)4)15(13)10-6-12/h5-10H,11H2,1-4H3/q+1. The fraction of sp³-hybridized carbons (Fsp3) is 0.333. The first-order chi connectivity index (χ1) is 7.46. The summed E-state index contributed by atoms with van der Waals surface area (Å²) < 4.78 is 0.969. The van der Waals surface area contributed by atoms with Gasteiger partial charge in [-0.2, -0.15) is 0 Å². The lowest BCUT2D eigenvalue weighted by atomic mass is 10.1. The molecule has 0 spiro atoms. The highest BCUT2D eigenvalue weighted by molar-refractivity contribution is 5.70. The Bertz CT molecular complexity index is 466. The Labute approximate surface area is 98.3 Å². The number of quaternary nitrogens is 1. The molecule has 16 heavy (non-hydrogen) atoms. The topological polar surface area (TPSA) is 0 Å². The largest absolute Gasteiger partial charge is 0.327 e. The average Bonchev–Trinajstić information content (AvgIpc) is 2.41. The van der Waals surface area contributed by atoms with Gasteiger partial charge in [-0.25, -0.2) is 0 Å². The van der Waals surface area contributed by atoms with Crippen LogP contribution in [0, 0.1) is 6.92 Å². The molecular weight excluding hydrogens is 194 g/mol. The normalized spacial score (nSPS) is 12.0. The molecule has 0 aromatic carbocycles. The summed E-state index contributed by atoms with van der Waals surface area (Å²) in [5, 5.41) is 0. The summed E-state index contributed by atoms with van der Waals surface area (Å²) in [7, 11) is 6.69. The van der Waals surface area contributed by atoms with Crippen molar-refractivity contribution in [2.45, 2.75) is 13.5 Å². The second kappa shape index (κ2) is 3.91. The van der Waals surface area contributed by atoms with E-state index in [9.17, 15) is 0 Å². The molecular formula is C15H20N+. The SMILES string of the molecule is Cc1ccc2ccc(C[N+](C)(C)C)c-2cc1. The van der Waals surface area contributed by atoms with Crippen LogP contribution in [0.5, 0.6) is 0 Å². The maximum Gasteiger partial charge on any atom is 0.104 e. The van der Waals surface area contributed by atoms with E-state index in [1.165, 1.54) is 22.3 Å². The molecule has 1 heteroatoms. The Balaban J connectivity index is 2.44. The van der Waals surface area contributed by atoms with Crippen molar-refractivity contribution >= 4 is 0 Å². The van der Waals surface area contributed by atoms with Gasteiger partial charge in [0.15, 0.2) is 0 Å². The molecule has 0 bridgehead atoms. The molecule has 0 saturated carbocycles. The van der Waals surface area contributed by atoms with Gasteiger partial charge in [-0.1, -0.05) is 42.0 Å². The van der Waals surface area contributed by atoms with Crippen LogP contribution >= 0.6 is 0 Å². The van der Waals surface area contributed by atoms with Crippen molar-refractivity contribution in [3.63, 3.8) is 0 Å². The quantitative estimate of drug-likeness (QED) is 0.673. The summed E-state index contributed by atoms with van der Waals surface area (Å²) in [6, 6.07) is 13.3. The maximum absolute atomic E-state index is 2.25. The van der Waals surface area contributed by atoms with Gasteiger partial charge in [0.05, 0.1) is 21.1 Å². The van der Waals surface area contributed by atoms with Gasteiger partial charge in [0, 0.05) is 5.56 Å². The lowest BCUT2D eigenvalue weighted by molar-refractivity contribution is -0.883. The highest BCUT2D eigenvalue weighted by Crippen LogP contribution is 2.28. The first-order valence-corrected chi connectivity index (χ1v) is 5.74. The third kappa shape index (κ3) is 2.42. The van der Waals surface area contributed by atoms with Crippen molar-refractivity contribution in [3.05, 3.63) is 47.5 Å². The van der Waals surface area contributed by atoms with Gasteiger partial charge in [0.2, 0.25) is 0 Å². The third-order valence-electron chi connectivity index (χ3n) is 2.80. The number of hydrogen-bond acceptors (Lipinski definition) is 0. The fourth-order valence-corrected chi connectivity index (χ4v) is 2.04. The monoisotopic (exact) mass is 214 g/mol. The molecule has 0 N–H and O–H groups in total. The third-order valence-corrected chi connectivity index (χ3v) is 2.80. The number of fused-ring (bicyclic) bond motifs is 1. The second-order valence-electron chi connectivity index (χ2n) is 5.59. The highest BCUT2D eigenvalue weighted by Gasteiger charge is 2.14. The highest BCUT2D eigenvalue weighted by atomic mass is 15.3. The molecule has 84 valence electrons. The maximum atomic E-state index is 2.25. The van der Waals surface area contributed by atoms with E-state index in [-0.39, 0.29) is 0 Å². The number of nitrogens with zero attached hydrogens (tertiary/aromatic N) is 1. The van der Waals surface area contributed by atoms with Gasteiger partial charge in [-0.3, -0.25) is 0 Å². The molecule has 1 nitrogen and oxygen atoms in total. The van der Waals surface area contributed by atoms with E-state index in [0.717, 1.165) is 11.0 Å². The van der Waals surface area contributed by atoms with Gasteiger partial charge >= 0.3 is 0 Å². The van der Waals surface area contributed by atoms with Crippen molar-refractivity contribution in [3.8, 4) is 11.1 Å². The Morgan fingerprint density at radius 3 is 2.19 bits per heavy atom. The molecule has 0 atom stereocenters. The zero-order chi connectivity index (χ0) is 11.8. The lowest BCUT2D eigenvalue weighted by Crippen LogP contribution is -2.33. The Hall–Kier alpha value is -1.34. The lowest BCUT2D eigenvalue weighted by Gasteiger charge is -2.23. The van der Waals surface area contributed by atoms with Crippen molar-refractivity contribution in [2.24, 2.45) is 0 Å². The molecule has 0 unspecified atom stereocenters. The molecule has 0 amide bonds. The van der Waals surface area contributed by atoms with Gasteiger partial charge in [0.25, 0.3) is 0 Å². The van der Waals surface area contributed by atoms with Crippen LogP contribution in [0.15, 0.2) is 36.4 Å². The molecule has 0 aromatic heterocycles. The van der Waals surface area contributed by atoms with Crippen LogP contribution in [0.2, 0.25) is 0 Å². The first kappa shape index (κ1) is 11.2. The minimum atomic E-state index is 0.969. The zero-order valence-corrected chi connectivity index (χ0v) is 10.6. The first-order valence-electron chi connectivity index (χ1n) is 5.74. The van der Waals surface area contributed by atoms with E-state index < -0.39 is 0 Å². The zero-order valence-electron chi connectivity index (χ0n) is 10.6.